The van der Waals surface area contributed by atoms with Crippen LogP contribution < -0.4 is 5.32 Å². The number of aromatic hydroxyl groups is 1. The molecule has 0 radical (unpaired) electrons. The summed E-state index contributed by atoms with van der Waals surface area (Å²) < 4.78 is 5.05. The van der Waals surface area contributed by atoms with Crippen LogP contribution in [0.1, 0.15) is 22.8 Å². The average molecular weight is 379 g/mol. The molecule has 0 aliphatic heterocycles. The molecule has 1 amide bonds. The number of non-ortho nitro benzene ring substituents is 1. The number of phenols is 1. The van der Waals surface area contributed by atoms with E-state index in [0.717, 1.165) is 6.07 Å². The van der Waals surface area contributed by atoms with Crippen LogP contribution in [0.3, 0.4) is 0 Å². The summed E-state index contributed by atoms with van der Waals surface area (Å²) in [5.41, 5.74) is 0.631. The second-order valence-electron chi connectivity index (χ2n) is 5.46. The van der Waals surface area contributed by atoms with Gasteiger partial charge in [0.15, 0.2) is 6.10 Å². The predicted molar refractivity (Wildman–Crippen MR) is 94.5 cm³/mol. The van der Waals surface area contributed by atoms with Gasteiger partial charge < -0.3 is 15.2 Å². The monoisotopic (exact) mass is 378 g/mol. The van der Waals surface area contributed by atoms with Crippen LogP contribution in [-0.2, 0) is 9.53 Å². The summed E-state index contributed by atoms with van der Waals surface area (Å²) in [7, 11) is 0. The standard InChI is InChI=1S/C17H15ClN2O6/c1-9-3-4-11(7-15(9)21)17(23)26-10(2)16(22)19-14-6-5-12(20(24)25)8-13(14)18/h3-8,10,21H,1-2H3,(H,19,22). The molecule has 0 aromatic heterocycles. The molecule has 26 heavy (non-hydrogen) atoms. The minimum absolute atomic E-state index is 0.0190. The maximum Gasteiger partial charge on any atom is 0.339 e. The van der Waals surface area contributed by atoms with Crippen LogP contribution in [0, 0.1) is 17.0 Å². The summed E-state index contributed by atoms with van der Waals surface area (Å²) in [6.07, 6.45) is -1.16. The molecule has 2 aromatic carbocycles. The first kappa shape index (κ1) is 19.2. The Balaban J connectivity index is 2.04. The number of amides is 1. The molecular weight excluding hydrogens is 364 g/mol. The second-order valence-corrected chi connectivity index (χ2v) is 5.87. The third-order valence-electron chi connectivity index (χ3n) is 3.52. The molecule has 0 saturated carbocycles. The molecule has 8 nitrogen and oxygen atoms in total. The van der Waals surface area contributed by atoms with Crippen molar-refractivity contribution >= 4 is 34.9 Å². The number of benzene rings is 2. The number of rotatable bonds is 5. The number of carbonyl (C=O) groups excluding carboxylic acids is 2. The topological polar surface area (TPSA) is 119 Å². The van der Waals surface area contributed by atoms with Gasteiger partial charge in [-0.15, -0.1) is 0 Å². The molecule has 2 rings (SSSR count). The molecule has 1 unspecified atom stereocenters. The number of aryl methyl sites for hydroxylation is 1. The fourth-order valence-electron chi connectivity index (χ4n) is 1.97. The van der Waals surface area contributed by atoms with Crippen LogP contribution in [0.25, 0.3) is 0 Å². The molecular formula is C17H15ClN2O6. The Morgan fingerprint density at radius 2 is 1.96 bits per heavy atom. The first-order valence-electron chi connectivity index (χ1n) is 7.44. The molecule has 0 aliphatic rings. The number of nitrogens with zero attached hydrogens (tertiary/aromatic N) is 1. The van der Waals surface area contributed by atoms with E-state index in [2.05, 4.69) is 5.32 Å². The Morgan fingerprint density at radius 1 is 1.27 bits per heavy atom. The molecule has 0 heterocycles. The van der Waals surface area contributed by atoms with Crippen molar-refractivity contribution in [2.24, 2.45) is 0 Å². The molecule has 0 fully saturated rings. The lowest BCUT2D eigenvalue weighted by molar-refractivity contribution is -0.384. The third-order valence-corrected chi connectivity index (χ3v) is 3.83. The van der Waals surface area contributed by atoms with Gasteiger partial charge >= 0.3 is 5.97 Å². The number of ether oxygens (including phenoxy) is 1. The number of nitrogens with one attached hydrogen (secondary N) is 1. The van der Waals surface area contributed by atoms with E-state index in [0.29, 0.717) is 5.56 Å². The first-order chi connectivity index (χ1) is 12.2. The predicted octanol–water partition coefficient (Wildman–Crippen LogP) is 3.45. The Labute approximate surface area is 153 Å². The average Bonchev–Trinajstić information content (AvgIpc) is 2.58. The molecule has 0 spiro atoms. The number of anilines is 1. The fourth-order valence-corrected chi connectivity index (χ4v) is 2.19. The maximum atomic E-state index is 12.1. The lowest BCUT2D eigenvalue weighted by Crippen LogP contribution is -2.30. The quantitative estimate of drug-likeness (QED) is 0.467. The van der Waals surface area contributed by atoms with Crippen molar-refractivity contribution in [2.45, 2.75) is 20.0 Å². The number of hydrogen-bond donors (Lipinski definition) is 2. The van der Waals surface area contributed by atoms with Crippen molar-refractivity contribution in [1.82, 2.24) is 0 Å². The zero-order valence-corrected chi connectivity index (χ0v) is 14.6. The van der Waals surface area contributed by atoms with Crippen LogP contribution >= 0.6 is 11.6 Å². The lowest BCUT2D eigenvalue weighted by atomic mass is 10.1. The maximum absolute atomic E-state index is 12.1. The van der Waals surface area contributed by atoms with E-state index in [1.165, 1.54) is 31.2 Å². The number of halogens is 1. The highest BCUT2D eigenvalue weighted by Crippen LogP contribution is 2.27. The summed E-state index contributed by atoms with van der Waals surface area (Å²) in [6.45, 7) is 3.04. The van der Waals surface area contributed by atoms with Gasteiger partial charge in [0.25, 0.3) is 11.6 Å². The van der Waals surface area contributed by atoms with Crippen molar-refractivity contribution < 1.29 is 24.4 Å². The minimum atomic E-state index is -1.16. The molecule has 0 bridgehead atoms. The van der Waals surface area contributed by atoms with E-state index in [-0.39, 0.29) is 27.7 Å². The first-order valence-corrected chi connectivity index (χ1v) is 7.82. The number of phenolic OH excluding ortho intramolecular Hbond substituents is 1. The SMILES string of the molecule is Cc1ccc(C(=O)OC(C)C(=O)Nc2ccc([N+](=O)[O-])cc2Cl)cc1O. The zero-order chi connectivity index (χ0) is 19.4. The normalized spacial score (nSPS) is 11.5. The van der Waals surface area contributed by atoms with Gasteiger partial charge in [-0.05, 0) is 37.6 Å². The van der Waals surface area contributed by atoms with E-state index in [4.69, 9.17) is 16.3 Å². The largest absolute Gasteiger partial charge is 0.508 e. The summed E-state index contributed by atoms with van der Waals surface area (Å²) in [4.78, 5) is 34.3. The van der Waals surface area contributed by atoms with Gasteiger partial charge in [0.1, 0.15) is 5.75 Å². The Morgan fingerprint density at radius 3 is 2.54 bits per heavy atom. The number of carbonyl (C=O) groups is 2. The zero-order valence-electron chi connectivity index (χ0n) is 13.9. The van der Waals surface area contributed by atoms with Crippen molar-refractivity contribution in [3.05, 3.63) is 62.7 Å². The Bertz CT molecular complexity index is 884. The third kappa shape index (κ3) is 4.48. The van der Waals surface area contributed by atoms with Gasteiger partial charge in [-0.3, -0.25) is 14.9 Å². The molecule has 9 heteroatoms. The van der Waals surface area contributed by atoms with E-state index in [9.17, 15) is 24.8 Å². The van der Waals surface area contributed by atoms with Crippen LogP contribution in [0.15, 0.2) is 36.4 Å². The van der Waals surface area contributed by atoms with E-state index in [1.807, 2.05) is 0 Å². The van der Waals surface area contributed by atoms with Crippen LogP contribution in [0.2, 0.25) is 5.02 Å². The van der Waals surface area contributed by atoms with Crippen molar-refractivity contribution in [1.29, 1.82) is 0 Å². The van der Waals surface area contributed by atoms with E-state index in [1.54, 1.807) is 13.0 Å². The van der Waals surface area contributed by atoms with E-state index >= 15 is 0 Å². The van der Waals surface area contributed by atoms with Gasteiger partial charge in [0.05, 0.1) is 21.2 Å². The molecule has 0 saturated heterocycles. The van der Waals surface area contributed by atoms with Crippen LogP contribution in [-0.4, -0.2) is 28.0 Å². The highest BCUT2D eigenvalue weighted by atomic mass is 35.5. The van der Waals surface area contributed by atoms with Crippen molar-refractivity contribution in [3.8, 4) is 5.75 Å². The molecule has 1 atom stereocenters. The number of esters is 1. The van der Waals surface area contributed by atoms with Crippen LogP contribution in [0.4, 0.5) is 11.4 Å². The van der Waals surface area contributed by atoms with Crippen LogP contribution in [0.5, 0.6) is 5.75 Å². The van der Waals surface area contributed by atoms with Gasteiger partial charge in [0, 0.05) is 12.1 Å². The smallest absolute Gasteiger partial charge is 0.339 e. The fraction of sp³-hybridized carbons (Fsp3) is 0.176. The summed E-state index contributed by atoms with van der Waals surface area (Å²) in [5, 5.41) is 22.7. The summed E-state index contributed by atoms with van der Waals surface area (Å²) in [5.74, 6) is -1.50. The van der Waals surface area contributed by atoms with Crippen molar-refractivity contribution in [2.75, 3.05) is 5.32 Å². The highest BCUT2D eigenvalue weighted by Gasteiger charge is 2.21. The highest BCUT2D eigenvalue weighted by molar-refractivity contribution is 6.34. The summed E-state index contributed by atoms with van der Waals surface area (Å²) >= 11 is 5.90. The molecule has 2 N–H and O–H groups in total. The number of hydrogen-bond acceptors (Lipinski definition) is 6. The molecule has 136 valence electrons. The van der Waals surface area contributed by atoms with Gasteiger partial charge in [-0.25, -0.2) is 4.79 Å². The second kappa shape index (κ2) is 7.83. The number of nitro benzene ring substituents is 1. The van der Waals surface area contributed by atoms with Gasteiger partial charge in [-0.2, -0.15) is 0 Å². The van der Waals surface area contributed by atoms with E-state index < -0.39 is 22.9 Å². The Hall–Kier alpha value is -3.13. The summed E-state index contributed by atoms with van der Waals surface area (Å²) in [6, 6.07) is 7.83. The molecule has 0 aliphatic carbocycles. The van der Waals surface area contributed by atoms with Crippen molar-refractivity contribution in [3.63, 3.8) is 0 Å². The lowest BCUT2D eigenvalue weighted by Gasteiger charge is -2.14. The molecule has 2 aromatic rings. The minimum Gasteiger partial charge on any atom is -0.508 e. The van der Waals surface area contributed by atoms with Gasteiger partial charge in [0.2, 0.25) is 0 Å². The van der Waals surface area contributed by atoms with Gasteiger partial charge in [-0.1, -0.05) is 17.7 Å². The Kier molecular flexibility index (Phi) is 5.78. The number of nitro groups is 1.